The number of aliphatic hydroxyl groups is 1. The summed E-state index contributed by atoms with van der Waals surface area (Å²) < 4.78 is 0. The molecule has 0 radical (unpaired) electrons. The van der Waals surface area contributed by atoms with Crippen molar-refractivity contribution in [2.45, 2.75) is 65.2 Å². The van der Waals surface area contributed by atoms with Gasteiger partial charge in [-0.1, -0.05) is 25.5 Å². The number of carbonyl (C=O) groups excluding carboxylic acids is 2. The molecule has 0 aromatic heterocycles. The van der Waals surface area contributed by atoms with Crippen LogP contribution in [0.5, 0.6) is 0 Å². The highest BCUT2D eigenvalue weighted by Gasteiger charge is 2.61. The average Bonchev–Trinajstić information content (AvgIpc) is 2.85. The summed E-state index contributed by atoms with van der Waals surface area (Å²) in [7, 11) is 0. The van der Waals surface area contributed by atoms with Gasteiger partial charge < -0.3 is 5.11 Å². The lowest BCUT2D eigenvalue weighted by atomic mass is 9.44. The Morgan fingerprint density at radius 3 is 2.62 bits per heavy atom. The summed E-state index contributed by atoms with van der Waals surface area (Å²) >= 11 is 0. The lowest BCUT2D eigenvalue weighted by Gasteiger charge is -2.60. The number of hydrogen-bond donors (Lipinski definition) is 1. The number of aliphatic hydroxyl groups excluding tert-OH is 1. The average molecular weight is 330 g/mol. The summed E-state index contributed by atoms with van der Waals surface area (Å²) in [6, 6.07) is 0. The zero-order valence-corrected chi connectivity index (χ0v) is 15.0. The molecule has 4 rings (SSSR count). The maximum absolute atomic E-state index is 12.5. The molecule has 0 heterocycles. The number of rotatable bonds is 1. The maximum atomic E-state index is 12.5. The van der Waals surface area contributed by atoms with E-state index < -0.39 is 0 Å². The van der Waals surface area contributed by atoms with Gasteiger partial charge in [-0.3, -0.25) is 9.59 Å². The van der Waals surface area contributed by atoms with Crippen LogP contribution >= 0.6 is 0 Å². The number of Topliss-reactive ketones (excluding diaryl/α,β-unsaturated/α-hetero) is 2. The van der Waals surface area contributed by atoms with E-state index in [1.807, 2.05) is 6.08 Å². The van der Waals surface area contributed by atoms with Crippen molar-refractivity contribution in [2.75, 3.05) is 6.61 Å². The molecule has 3 heteroatoms. The highest BCUT2D eigenvalue weighted by atomic mass is 16.2. The molecule has 1 N–H and O–H groups in total. The zero-order valence-electron chi connectivity index (χ0n) is 15.0. The molecule has 132 valence electrons. The second kappa shape index (κ2) is 5.52. The lowest BCUT2D eigenvalue weighted by Crippen LogP contribution is -2.54. The molecule has 0 aliphatic heterocycles. The molecular weight excluding hydrogens is 300 g/mol. The number of carbonyl (C=O) groups is 2. The van der Waals surface area contributed by atoms with Crippen molar-refractivity contribution in [3.63, 3.8) is 0 Å². The van der Waals surface area contributed by atoms with Crippen LogP contribution in [0.25, 0.3) is 0 Å². The standard InChI is InChI=1S/C21H30O3/c1-20-8-5-14(23)12-18(20)13(7-10-22)11-15-16-3-4-19(24)21(16,2)9-6-17(15)20/h7,15-18,22H,3-6,8-12H2,1-2H3/t15-,16-,17+,18?,20+,21-/m0/s1. The minimum absolute atomic E-state index is 0.0638. The van der Waals surface area contributed by atoms with Crippen LogP contribution in [0.15, 0.2) is 11.6 Å². The topological polar surface area (TPSA) is 54.4 Å². The number of allylic oxidation sites excluding steroid dienone is 1. The Bertz CT molecular complexity index is 606. The molecule has 6 atom stereocenters. The van der Waals surface area contributed by atoms with Crippen LogP contribution in [0.1, 0.15) is 65.2 Å². The molecule has 4 aliphatic carbocycles. The first-order chi connectivity index (χ1) is 11.4. The highest BCUT2D eigenvalue weighted by molar-refractivity contribution is 5.87. The lowest BCUT2D eigenvalue weighted by molar-refractivity contribution is -0.138. The highest BCUT2D eigenvalue weighted by Crippen LogP contribution is 2.66. The molecule has 1 unspecified atom stereocenters. The molecule has 4 aliphatic rings. The van der Waals surface area contributed by atoms with Crippen LogP contribution in [0, 0.1) is 34.5 Å². The van der Waals surface area contributed by atoms with Crippen LogP contribution in [0.4, 0.5) is 0 Å². The molecule has 0 aromatic rings. The van der Waals surface area contributed by atoms with Crippen molar-refractivity contribution in [1.29, 1.82) is 0 Å². The summed E-state index contributed by atoms with van der Waals surface area (Å²) in [5.41, 5.74) is 1.36. The van der Waals surface area contributed by atoms with E-state index in [0.29, 0.717) is 48.1 Å². The molecule has 3 nitrogen and oxygen atoms in total. The molecule has 0 aromatic carbocycles. The monoisotopic (exact) mass is 330 g/mol. The van der Waals surface area contributed by atoms with E-state index in [-0.39, 0.29) is 17.4 Å². The van der Waals surface area contributed by atoms with Gasteiger partial charge in [-0.25, -0.2) is 0 Å². The smallest absolute Gasteiger partial charge is 0.139 e. The molecular formula is C21H30O3. The molecule has 0 bridgehead atoms. The minimum atomic E-state index is -0.112. The Morgan fingerprint density at radius 1 is 1.08 bits per heavy atom. The summed E-state index contributed by atoms with van der Waals surface area (Å²) in [5.74, 6) is 2.87. The minimum Gasteiger partial charge on any atom is -0.392 e. The first-order valence-corrected chi connectivity index (χ1v) is 9.75. The van der Waals surface area contributed by atoms with Crippen molar-refractivity contribution in [1.82, 2.24) is 0 Å². The Kier molecular flexibility index (Phi) is 3.80. The van der Waals surface area contributed by atoms with Crippen molar-refractivity contribution >= 4 is 11.6 Å². The van der Waals surface area contributed by atoms with Crippen molar-refractivity contribution in [3.8, 4) is 0 Å². The van der Waals surface area contributed by atoms with E-state index in [1.165, 1.54) is 5.57 Å². The Morgan fingerprint density at radius 2 is 1.88 bits per heavy atom. The van der Waals surface area contributed by atoms with Gasteiger partial charge in [0.1, 0.15) is 11.6 Å². The van der Waals surface area contributed by atoms with E-state index in [2.05, 4.69) is 13.8 Å². The van der Waals surface area contributed by atoms with Crippen LogP contribution in [-0.4, -0.2) is 23.3 Å². The molecule has 4 fully saturated rings. The predicted octanol–water partition coefficient (Wildman–Crippen LogP) is 3.70. The Hall–Kier alpha value is -0.960. The Labute approximate surface area is 144 Å². The van der Waals surface area contributed by atoms with Crippen molar-refractivity contribution in [3.05, 3.63) is 11.6 Å². The van der Waals surface area contributed by atoms with Gasteiger partial charge in [0.2, 0.25) is 0 Å². The first-order valence-electron chi connectivity index (χ1n) is 9.75. The largest absolute Gasteiger partial charge is 0.392 e. The predicted molar refractivity (Wildman–Crippen MR) is 92.3 cm³/mol. The van der Waals surface area contributed by atoms with Gasteiger partial charge in [0, 0.05) is 24.7 Å². The summed E-state index contributed by atoms with van der Waals surface area (Å²) in [6.07, 6.45) is 9.29. The fraction of sp³-hybridized carbons (Fsp3) is 0.810. The third kappa shape index (κ3) is 2.13. The number of ketones is 2. The Balaban J connectivity index is 1.74. The second-order valence-corrected chi connectivity index (χ2v) is 9.26. The maximum Gasteiger partial charge on any atom is 0.139 e. The van der Waals surface area contributed by atoms with Gasteiger partial charge in [-0.05, 0) is 61.2 Å². The molecule has 0 spiro atoms. The third-order valence-corrected chi connectivity index (χ3v) is 8.44. The molecule has 0 amide bonds. The van der Waals surface area contributed by atoms with Crippen LogP contribution in [0.3, 0.4) is 0 Å². The quantitative estimate of drug-likeness (QED) is 0.746. The third-order valence-electron chi connectivity index (χ3n) is 8.44. The van der Waals surface area contributed by atoms with Gasteiger partial charge in [-0.15, -0.1) is 0 Å². The van der Waals surface area contributed by atoms with Gasteiger partial charge in [-0.2, -0.15) is 0 Å². The SMILES string of the molecule is C[C@]12CCC(=O)CC1C(=CCO)C[C@@H]1[C@H]2CC[C@]2(C)C(=O)CC[C@@H]12. The fourth-order valence-electron chi connectivity index (χ4n) is 7.06. The normalized spacial score (nSPS) is 49.7. The van der Waals surface area contributed by atoms with Crippen LogP contribution < -0.4 is 0 Å². The van der Waals surface area contributed by atoms with Gasteiger partial charge >= 0.3 is 0 Å². The number of fused-ring (bicyclic) bond motifs is 5. The van der Waals surface area contributed by atoms with E-state index in [4.69, 9.17) is 0 Å². The molecule has 4 saturated carbocycles. The zero-order chi connectivity index (χ0) is 17.1. The summed E-state index contributed by atoms with van der Waals surface area (Å²) in [6.45, 7) is 4.66. The fourth-order valence-corrected chi connectivity index (χ4v) is 7.06. The van der Waals surface area contributed by atoms with Crippen LogP contribution in [0.2, 0.25) is 0 Å². The van der Waals surface area contributed by atoms with E-state index in [1.54, 1.807) is 0 Å². The van der Waals surface area contributed by atoms with Crippen molar-refractivity contribution in [2.24, 2.45) is 34.5 Å². The van der Waals surface area contributed by atoms with E-state index >= 15 is 0 Å². The van der Waals surface area contributed by atoms with Gasteiger partial charge in [0.15, 0.2) is 0 Å². The molecule has 0 saturated heterocycles. The van der Waals surface area contributed by atoms with E-state index in [9.17, 15) is 14.7 Å². The first kappa shape index (κ1) is 16.5. The summed E-state index contributed by atoms with van der Waals surface area (Å²) in [4.78, 5) is 24.6. The number of hydrogen-bond acceptors (Lipinski definition) is 3. The van der Waals surface area contributed by atoms with Crippen molar-refractivity contribution < 1.29 is 14.7 Å². The molecule has 24 heavy (non-hydrogen) atoms. The summed E-state index contributed by atoms with van der Waals surface area (Å²) in [5, 5.41) is 9.52. The van der Waals surface area contributed by atoms with E-state index in [0.717, 1.165) is 38.5 Å². The van der Waals surface area contributed by atoms with Gasteiger partial charge in [0.25, 0.3) is 0 Å². The van der Waals surface area contributed by atoms with Gasteiger partial charge in [0.05, 0.1) is 6.61 Å². The van der Waals surface area contributed by atoms with Crippen LogP contribution in [-0.2, 0) is 9.59 Å². The second-order valence-electron chi connectivity index (χ2n) is 9.26.